The van der Waals surface area contributed by atoms with Crippen molar-refractivity contribution < 1.29 is 4.79 Å². The zero-order valence-electron chi connectivity index (χ0n) is 14.5. The monoisotopic (exact) mass is 357 g/mol. The molecule has 0 saturated carbocycles. The van der Waals surface area contributed by atoms with Crippen molar-refractivity contribution in [1.82, 2.24) is 9.80 Å². The molecule has 0 radical (unpaired) electrons. The number of piperazine rings is 1. The highest BCUT2D eigenvalue weighted by atomic mass is 35.5. The molecule has 1 aliphatic heterocycles. The predicted octanol–water partition coefficient (Wildman–Crippen LogP) is 3.48. The Kier molecular flexibility index (Phi) is 6.08. The van der Waals surface area contributed by atoms with E-state index >= 15 is 0 Å². The van der Waals surface area contributed by atoms with Gasteiger partial charge in [-0.1, -0.05) is 41.9 Å². The molecule has 0 aliphatic carbocycles. The molecule has 3 rings (SSSR count). The van der Waals surface area contributed by atoms with Crippen molar-refractivity contribution in [3.05, 3.63) is 65.2 Å². The predicted molar refractivity (Wildman–Crippen MR) is 103 cm³/mol. The average molecular weight is 358 g/mol. The molecule has 1 atom stereocenters. The fourth-order valence-electron chi connectivity index (χ4n) is 3.09. The number of benzene rings is 2. The number of halogens is 1. The Morgan fingerprint density at radius 3 is 2.32 bits per heavy atom. The van der Waals surface area contributed by atoms with Crippen LogP contribution in [0, 0.1) is 0 Å². The Hall–Kier alpha value is -1.88. The van der Waals surface area contributed by atoms with Crippen molar-refractivity contribution in [1.29, 1.82) is 0 Å². The number of rotatable bonds is 5. The first-order valence-corrected chi connectivity index (χ1v) is 9.06. The third-order valence-electron chi connectivity index (χ3n) is 4.69. The van der Waals surface area contributed by atoms with E-state index in [2.05, 4.69) is 27.2 Å². The minimum atomic E-state index is -0.127. The third kappa shape index (κ3) is 5.05. The van der Waals surface area contributed by atoms with Crippen molar-refractivity contribution in [3.63, 3.8) is 0 Å². The second-order valence-corrected chi connectivity index (χ2v) is 6.91. The first-order valence-electron chi connectivity index (χ1n) is 8.68. The zero-order chi connectivity index (χ0) is 17.6. The summed E-state index contributed by atoms with van der Waals surface area (Å²) in [6.07, 6.45) is 0. The van der Waals surface area contributed by atoms with Crippen molar-refractivity contribution in [3.8, 4) is 0 Å². The summed E-state index contributed by atoms with van der Waals surface area (Å²) in [6.45, 7) is 6.63. The van der Waals surface area contributed by atoms with Gasteiger partial charge in [0.05, 0.1) is 6.04 Å². The molecule has 1 amide bonds. The van der Waals surface area contributed by atoms with Gasteiger partial charge in [-0.15, -0.1) is 0 Å². The van der Waals surface area contributed by atoms with Crippen LogP contribution < -0.4 is 5.32 Å². The highest BCUT2D eigenvalue weighted by Gasteiger charge is 2.25. The van der Waals surface area contributed by atoms with E-state index in [-0.39, 0.29) is 11.9 Å². The van der Waals surface area contributed by atoms with E-state index in [1.807, 2.05) is 49.4 Å². The van der Waals surface area contributed by atoms with Gasteiger partial charge in [-0.05, 0) is 36.8 Å². The van der Waals surface area contributed by atoms with Gasteiger partial charge in [-0.3, -0.25) is 14.6 Å². The molecule has 0 aromatic heterocycles. The summed E-state index contributed by atoms with van der Waals surface area (Å²) in [5.74, 6) is 0.0531. The number of carbonyl (C=O) groups is 1. The Bertz CT molecular complexity index is 682. The molecule has 0 bridgehead atoms. The minimum Gasteiger partial charge on any atom is -0.325 e. The summed E-state index contributed by atoms with van der Waals surface area (Å²) in [5.41, 5.74) is 2.12. The molecule has 132 valence electrons. The molecule has 5 heteroatoms. The first kappa shape index (κ1) is 17.9. The van der Waals surface area contributed by atoms with Crippen LogP contribution in [0.5, 0.6) is 0 Å². The van der Waals surface area contributed by atoms with E-state index < -0.39 is 0 Å². The normalized spacial score (nSPS) is 17.2. The van der Waals surface area contributed by atoms with E-state index in [0.717, 1.165) is 43.4 Å². The van der Waals surface area contributed by atoms with Crippen LogP contribution in [0.25, 0.3) is 0 Å². The first-order chi connectivity index (χ1) is 12.1. The van der Waals surface area contributed by atoms with E-state index in [4.69, 9.17) is 11.6 Å². The molecule has 1 N–H and O–H groups in total. The van der Waals surface area contributed by atoms with Crippen LogP contribution in [0.1, 0.15) is 12.5 Å². The lowest BCUT2D eigenvalue weighted by molar-refractivity contribution is -0.121. The Morgan fingerprint density at radius 1 is 1.04 bits per heavy atom. The van der Waals surface area contributed by atoms with Gasteiger partial charge in [0.15, 0.2) is 0 Å². The summed E-state index contributed by atoms with van der Waals surface area (Å²) < 4.78 is 0. The average Bonchev–Trinajstić information content (AvgIpc) is 2.64. The summed E-state index contributed by atoms with van der Waals surface area (Å²) >= 11 is 5.94. The lowest BCUT2D eigenvalue weighted by Crippen LogP contribution is -2.52. The van der Waals surface area contributed by atoms with E-state index in [9.17, 15) is 4.79 Å². The van der Waals surface area contributed by atoms with Crippen molar-refractivity contribution in [2.24, 2.45) is 0 Å². The fourth-order valence-corrected chi connectivity index (χ4v) is 3.22. The number of hydrogen-bond donors (Lipinski definition) is 1. The number of anilines is 1. The SMILES string of the molecule is C[C@H](C(=O)Nc1ccccc1)N1CCN(Cc2ccc(Cl)cc2)CC1. The van der Waals surface area contributed by atoms with Crippen LogP contribution in [0.3, 0.4) is 0 Å². The van der Waals surface area contributed by atoms with Gasteiger partial charge >= 0.3 is 0 Å². The molecule has 25 heavy (non-hydrogen) atoms. The van der Waals surface area contributed by atoms with Crippen molar-refractivity contribution >= 4 is 23.2 Å². The van der Waals surface area contributed by atoms with E-state index in [1.54, 1.807) is 0 Å². The highest BCUT2D eigenvalue weighted by Crippen LogP contribution is 2.14. The maximum absolute atomic E-state index is 12.4. The molecule has 2 aromatic rings. The summed E-state index contributed by atoms with van der Waals surface area (Å²) in [4.78, 5) is 17.1. The van der Waals surface area contributed by atoms with Gasteiger partial charge in [-0.25, -0.2) is 0 Å². The lowest BCUT2D eigenvalue weighted by Gasteiger charge is -2.37. The molecule has 1 saturated heterocycles. The topological polar surface area (TPSA) is 35.6 Å². The number of para-hydroxylation sites is 1. The van der Waals surface area contributed by atoms with E-state index in [1.165, 1.54) is 5.56 Å². The smallest absolute Gasteiger partial charge is 0.241 e. The summed E-state index contributed by atoms with van der Waals surface area (Å²) in [7, 11) is 0. The van der Waals surface area contributed by atoms with Crippen LogP contribution in [-0.2, 0) is 11.3 Å². The Balaban J connectivity index is 1.47. The maximum atomic E-state index is 12.4. The molecule has 0 spiro atoms. The number of amides is 1. The summed E-state index contributed by atoms with van der Waals surface area (Å²) in [6, 6.07) is 17.5. The molecule has 1 heterocycles. The minimum absolute atomic E-state index is 0.0531. The second-order valence-electron chi connectivity index (χ2n) is 6.47. The van der Waals surface area contributed by atoms with Crippen LogP contribution >= 0.6 is 11.6 Å². The molecule has 1 aliphatic rings. The van der Waals surface area contributed by atoms with Gasteiger partial charge < -0.3 is 5.32 Å². The molecule has 0 unspecified atom stereocenters. The van der Waals surface area contributed by atoms with Crippen LogP contribution in [0.2, 0.25) is 5.02 Å². The Labute approximate surface area is 154 Å². The highest BCUT2D eigenvalue weighted by molar-refractivity contribution is 6.30. The number of carbonyl (C=O) groups excluding carboxylic acids is 1. The number of nitrogens with zero attached hydrogens (tertiary/aromatic N) is 2. The van der Waals surface area contributed by atoms with Crippen molar-refractivity contribution in [2.75, 3.05) is 31.5 Å². The lowest BCUT2D eigenvalue weighted by atomic mass is 10.1. The zero-order valence-corrected chi connectivity index (χ0v) is 15.2. The molecule has 2 aromatic carbocycles. The summed E-state index contributed by atoms with van der Waals surface area (Å²) in [5, 5.41) is 3.76. The maximum Gasteiger partial charge on any atom is 0.241 e. The quantitative estimate of drug-likeness (QED) is 0.889. The molecular formula is C20H24ClN3O. The largest absolute Gasteiger partial charge is 0.325 e. The van der Waals surface area contributed by atoms with Gasteiger partial charge in [0.25, 0.3) is 0 Å². The molecular weight excluding hydrogens is 334 g/mol. The standard InChI is InChI=1S/C20H24ClN3O/c1-16(20(25)22-19-5-3-2-4-6-19)24-13-11-23(12-14-24)15-17-7-9-18(21)10-8-17/h2-10,16H,11-15H2,1H3,(H,22,25)/t16-/m1/s1. The van der Waals surface area contributed by atoms with E-state index in [0.29, 0.717) is 0 Å². The molecule has 4 nitrogen and oxygen atoms in total. The fraction of sp³-hybridized carbons (Fsp3) is 0.350. The molecule has 1 fully saturated rings. The van der Waals surface area contributed by atoms with Gasteiger partial charge in [0, 0.05) is 43.4 Å². The van der Waals surface area contributed by atoms with Crippen LogP contribution in [-0.4, -0.2) is 47.9 Å². The van der Waals surface area contributed by atoms with Gasteiger partial charge in [0.2, 0.25) is 5.91 Å². The number of nitrogens with one attached hydrogen (secondary N) is 1. The third-order valence-corrected chi connectivity index (χ3v) is 4.95. The number of hydrogen-bond acceptors (Lipinski definition) is 3. The van der Waals surface area contributed by atoms with Gasteiger partial charge in [-0.2, -0.15) is 0 Å². The van der Waals surface area contributed by atoms with Crippen LogP contribution in [0.4, 0.5) is 5.69 Å². The van der Waals surface area contributed by atoms with Crippen LogP contribution in [0.15, 0.2) is 54.6 Å². The second kappa shape index (κ2) is 8.48. The van der Waals surface area contributed by atoms with Gasteiger partial charge in [0.1, 0.15) is 0 Å². The Morgan fingerprint density at radius 2 is 1.68 bits per heavy atom. The van der Waals surface area contributed by atoms with Crippen molar-refractivity contribution in [2.45, 2.75) is 19.5 Å².